The predicted octanol–water partition coefficient (Wildman–Crippen LogP) is 0.965. The number of nitrogens with two attached hydrogens (primary N) is 1. The molecule has 0 aliphatic heterocycles. The van der Waals surface area contributed by atoms with Crippen LogP contribution in [0.25, 0.3) is 0 Å². The topological polar surface area (TPSA) is 63.3 Å². The Balaban J connectivity index is 0.000001000. The van der Waals surface area contributed by atoms with Gasteiger partial charge in [0.1, 0.15) is 0 Å². The van der Waals surface area contributed by atoms with Crippen LogP contribution in [-0.4, -0.2) is 11.1 Å². The number of benzene rings is 1. The van der Waals surface area contributed by atoms with Gasteiger partial charge in [-0.1, -0.05) is 12.1 Å². The Bertz CT molecular complexity index is 262. The minimum Gasteiger partial charge on any atom is -0.478 e. The van der Waals surface area contributed by atoms with Gasteiger partial charge in [0.15, 0.2) is 0 Å². The number of aromatic carboxylic acids is 1. The summed E-state index contributed by atoms with van der Waals surface area (Å²) in [5, 5.41) is 8.49. The Labute approximate surface area is 74.7 Å². The van der Waals surface area contributed by atoms with E-state index in [9.17, 15) is 4.79 Å². The van der Waals surface area contributed by atoms with Crippen LogP contribution in [0.3, 0.4) is 0 Å². The molecule has 0 saturated carbocycles. The SMILES string of the molecule is Nc1ccccc1C(=O)O.[Cu+]. The van der Waals surface area contributed by atoms with Gasteiger partial charge in [0.2, 0.25) is 0 Å². The normalized spacial score (nSPS) is 8.36. The number of para-hydroxylation sites is 1. The van der Waals surface area contributed by atoms with E-state index in [-0.39, 0.29) is 22.6 Å². The van der Waals surface area contributed by atoms with E-state index in [1.807, 2.05) is 0 Å². The molecule has 62 valence electrons. The Morgan fingerprint density at radius 3 is 2.27 bits per heavy atom. The number of hydrogen-bond acceptors (Lipinski definition) is 2. The Hall–Kier alpha value is -0.991. The summed E-state index contributed by atoms with van der Waals surface area (Å²) in [6.07, 6.45) is 0. The molecule has 4 heteroatoms. The minimum atomic E-state index is -0.988. The monoisotopic (exact) mass is 200 g/mol. The van der Waals surface area contributed by atoms with Gasteiger partial charge in [-0.05, 0) is 12.1 Å². The second-order valence-electron chi connectivity index (χ2n) is 1.89. The largest absolute Gasteiger partial charge is 1.00 e. The molecule has 1 rings (SSSR count). The molecule has 0 unspecified atom stereocenters. The van der Waals surface area contributed by atoms with Crippen LogP contribution in [0.2, 0.25) is 0 Å². The number of nitrogen functional groups attached to an aromatic ring is 1. The molecule has 0 aromatic heterocycles. The van der Waals surface area contributed by atoms with Crippen molar-refractivity contribution in [2.75, 3.05) is 5.73 Å². The average Bonchev–Trinajstić information content (AvgIpc) is 1.88. The number of anilines is 1. The van der Waals surface area contributed by atoms with Gasteiger partial charge in [0, 0.05) is 5.69 Å². The van der Waals surface area contributed by atoms with Crippen LogP contribution in [-0.2, 0) is 17.1 Å². The van der Waals surface area contributed by atoms with E-state index in [4.69, 9.17) is 10.8 Å². The van der Waals surface area contributed by atoms with E-state index in [0.29, 0.717) is 5.69 Å². The summed E-state index contributed by atoms with van der Waals surface area (Å²) in [6, 6.07) is 6.36. The molecule has 0 fully saturated rings. The summed E-state index contributed by atoms with van der Waals surface area (Å²) in [7, 11) is 0. The molecule has 1 aromatic carbocycles. The maximum atomic E-state index is 10.3. The summed E-state index contributed by atoms with van der Waals surface area (Å²) < 4.78 is 0. The first kappa shape index (κ1) is 10.0. The molecule has 0 aliphatic carbocycles. The summed E-state index contributed by atoms with van der Waals surface area (Å²) in [5.74, 6) is -0.988. The van der Waals surface area contributed by atoms with E-state index in [2.05, 4.69) is 0 Å². The molecule has 0 bridgehead atoms. The van der Waals surface area contributed by atoms with Crippen LogP contribution >= 0.6 is 0 Å². The molecular weight excluding hydrogens is 194 g/mol. The molecule has 0 radical (unpaired) electrons. The summed E-state index contributed by atoms with van der Waals surface area (Å²) in [6.45, 7) is 0. The van der Waals surface area contributed by atoms with Crippen molar-refractivity contribution in [3.63, 3.8) is 0 Å². The molecule has 0 spiro atoms. The second-order valence-corrected chi connectivity index (χ2v) is 1.89. The van der Waals surface area contributed by atoms with Gasteiger partial charge >= 0.3 is 23.0 Å². The zero-order valence-corrected chi connectivity index (χ0v) is 6.49. The fourth-order valence-corrected chi connectivity index (χ4v) is 0.692. The zero-order chi connectivity index (χ0) is 7.56. The Kier molecular flexibility index (Phi) is 3.65. The van der Waals surface area contributed by atoms with Gasteiger partial charge < -0.3 is 10.8 Å². The fourth-order valence-electron chi connectivity index (χ4n) is 0.692. The standard InChI is InChI=1S/C7H7NO2.Cu/c8-6-4-2-1-3-5(6)7(9)10;/h1-4H,8H2,(H,9,10);/q;+1. The maximum absolute atomic E-state index is 10.3. The van der Waals surface area contributed by atoms with Gasteiger partial charge in [0.25, 0.3) is 0 Å². The number of carboxylic acids is 1. The third-order valence-electron chi connectivity index (χ3n) is 1.19. The van der Waals surface area contributed by atoms with Crippen LogP contribution in [0.5, 0.6) is 0 Å². The van der Waals surface area contributed by atoms with Crippen LogP contribution in [0.4, 0.5) is 5.69 Å². The van der Waals surface area contributed by atoms with Gasteiger partial charge in [-0.2, -0.15) is 0 Å². The summed E-state index contributed by atoms with van der Waals surface area (Å²) in [5.41, 5.74) is 5.80. The number of carboxylic acid groups (broad SMARTS) is 1. The van der Waals surface area contributed by atoms with Crippen LogP contribution in [0.1, 0.15) is 10.4 Å². The Morgan fingerprint density at radius 2 is 1.91 bits per heavy atom. The van der Waals surface area contributed by atoms with Crippen molar-refractivity contribution in [3.05, 3.63) is 29.8 Å². The minimum absolute atomic E-state index is 0. The van der Waals surface area contributed by atoms with E-state index >= 15 is 0 Å². The predicted molar refractivity (Wildman–Crippen MR) is 37.8 cm³/mol. The number of hydrogen-bond donors (Lipinski definition) is 2. The third-order valence-corrected chi connectivity index (χ3v) is 1.19. The van der Waals surface area contributed by atoms with Crippen LogP contribution < -0.4 is 5.73 Å². The van der Waals surface area contributed by atoms with Crippen molar-refractivity contribution in [1.29, 1.82) is 0 Å². The second kappa shape index (κ2) is 4.01. The zero-order valence-electron chi connectivity index (χ0n) is 5.54. The molecule has 0 aliphatic rings. The number of carbonyl (C=O) groups is 1. The van der Waals surface area contributed by atoms with Crippen molar-refractivity contribution < 1.29 is 27.0 Å². The molecule has 0 heterocycles. The van der Waals surface area contributed by atoms with E-state index in [0.717, 1.165) is 0 Å². The van der Waals surface area contributed by atoms with Gasteiger partial charge in [0.05, 0.1) is 5.56 Å². The first-order chi connectivity index (χ1) is 4.72. The molecular formula is C7H7CuNO2+. The third kappa shape index (κ3) is 2.26. The number of rotatable bonds is 1. The fraction of sp³-hybridized carbons (Fsp3) is 0. The Morgan fingerprint density at radius 1 is 1.36 bits per heavy atom. The molecule has 0 saturated heterocycles. The van der Waals surface area contributed by atoms with E-state index in [1.54, 1.807) is 18.2 Å². The van der Waals surface area contributed by atoms with Crippen LogP contribution in [0, 0.1) is 0 Å². The van der Waals surface area contributed by atoms with E-state index in [1.165, 1.54) is 6.07 Å². The van der Waals surface area contributed by atoms with Gasteiger partial charge in [-0.25, -0.2) is 4.79 Å². The summed E-state index contributed by atoms with van der Waals surface area (Å²) >= 11 is 0. The van der Waals surface area contributed by atoms with Gasteiger partial charge in [-0.15, -0.1) is 0 Å². The van der Waals surface area contributed by atoms with Crippen molar-refractivity contribution >= 4 is 11.7 Å². The van der Waals surface area contributed by atoms with Crippen molar-refractivity contribution in [2.24, 2.45) is 0 Å². The summed E-state index contributed by atoms with van der Waals surface area (Å²) in [4.78, 5) is 10.3. The molecule has 0 amide bonds. The first-order valence-corrected chi connectivity index (χ1v) is 2.79. The molecule has 1 aromatic rings. The van der Waals surface area contributed by atoms with Crippen molar-refractivity contribution in [3.8, 4) is 0 Å². The molecule has 3 nitrogen and oxygen atoms in total. The maximum Gasteiger partial charge on any atom is 1.00 e. The first-order valence-electron chi connectivity index (χ1n) is 2.79. The van der Waals surface area contributed by atoms with Crippen molar-refractivity contribution in [1.82, 2.24) is 0 Å². The smallest absolute Gasteiger partial charge is 0.478 e. The average molecular weight is 201 g/mol. The van der Waals surface area contributed by atoms with E-state index < -0.39 is 5.97 Å². The van der Waals surface area contributed by atoms with Gasteiger partial charge in [-0.3, -0.25) is 0 Å². The van der Waals surface area contributed by atoms with Crippen LogP contribution in [0.15, 0.2) is 24.3 Å². The molecule has 3 N–H and O–H groups in total. The quantitative estimate of drug-likeness (QED) is 0.525. The van der Waals surface area contributed by atoms with Crippen molar-refractivity contribution in [2.45, 2.75) is 0 Å². The molecule has 0 atom stereocenters. The molecule has 11 heavy (non-hydrogen) atoms.